The van der Waals surface area contributed by atoms with E-state index < -0.39 is 5.41 Å². The Balaban J connectivity index is 1.61. The Morgan fingerprint density at radius 1 is 1.14 bits per heavy atom. The van der Waals surface area contributed by atoms with Gasteiger partial charge in [0.1, 0.15) is 6.54 Å². The predicted molar refractivity (Wildman–Crippen MR) is 112 cm³/mol. The number of carbonyl (C=O) groups excluding carboxylic acids is 2. The molecule has 2 aromatic rings. The number of nitrogens with zero attached hydrogens (tertiary/aromatic N) is 2. The second-order valence-corrected chi connectivity index (χ2v) is 9.86. The summed E-state index contributed by atoms with van der Waals surface area (Å²) < 4.78 is 0. The molecule has 1 unspecified atom stereocenters. The highest BCUT2D eigenvalue weighted by Crippen LogP contribution is 2.38. The fourth-order valence-electron chi connectivity index (χ4n) is 4.00. The molecule has 0 radical (unpaired) electrons. The number of amides is 2. The van der Waals surface area contributed by atoms with Gasteiger partial charge in [0.15, 0.2) is 0 Å². The molecular formula is C23H28N2O2S. The molecule has 1 aliphatic heterocycles. The normalized spacial score (nSPS) is 19.2. The lowest BCUT2D eigenvalue weighted by Gasteiger charge is -2.38. The van der Waals surface area contributed by atoms with Crippen LogP contribution < -0.4 is 0 Å². The predicted octanol–water partition coefficient (Wildman–Crippen LogP) is 4.26. The van der Waals surface area contributed by atoms with E-state index in [-0.39, 0.29) is 30.4 Å². The Kier molecular flexibility index (Phi) is 5.04. The van der Waals surface area contributed by atoms with Crippen LogP contribution in [-0.4, -0.2) is 40.7 Å². The van der Waals surface area contributed by atoms with E-state index in [4.69, 9.17) is 0 Å². The third kappa shape index (κ3) is 3.72. The zero-order valence-electron chi connectivity index (χ0n) is 16.9. The van der Waals surface area contributed by atoms with Crippen LogP contribution in [0.15, 0.2) is 41.8 Å². The minimum absolute atomic E-state index is 0.0511. The monoisotopic (exact) mass is 396 g/mol. The fraction of sp³-hybridized carbons (Fsp3) is 0.478. The van der Waals surface area contributed by atoms with Gasteiger partial charge in [0.2, 0.25) is 11.8 Å². The van der Waals surface area contributed by atoms with E-state index in [2.05, 4.69) is 23.6 Å². The van der Waals surface area contributed by atoms with Crippen molar-refractivity contribution in [2.75, 3.05) is 13.1 Å². The molecule has 1 fully saturated rings. The lowest BCUT2D eigenvalue weighted by molar-refractivity contribution is -0.147. The second-order valence-electron chi connectivity index (χ2n) is 8.86. The summed E-state index contributed by atoms with van der Waals surface area (Å²) in [5.74, 6) is 0.128. The number of hydrogen-bond donors (Lipinski definition) is 0. The van der Waals surface area contributed by atoms with Crippen molar-refractivity contribution in [1.82, 2.24) is 9.80 Å². The van der Waals surface area contributed by atoms with Crippen LogP contribution >= 0.6 is 11.3 Å². The third-order valence-electron chi connectivity index (χ3n) is 5.60. The van der Waals surface area contributed by atoms with Gasteiger partial charge < -0.3 is 9.80 Å². The summed E-state index contributed by atoms with van der Waals surface area (Å²) in [5, 5.41) is 2.12. The van der Waals surface area contributed by atoms with Gasteiger partial charge in [-0.2, -0.15) is 0 Å². The average Bonchev–Trinajstić information content (AvgIpc) is 3.40. The first-order valence-electron chi connectivity index (χ1n) is 10.1. The molecule has 0 spiro atoms. The molecule has 5 heteroatoms. The smallest absolute Gasteiger partial charge is 0.243 e. The molecule has 1 saturated carbocycles. The van der Waals surface area contributed by atoms with Crippen LogP contribution in [-0.2, 0) is 16.0 Å². The largest absolute Gasteiger partial charge is 0.330 e. The topological polar surface area (TPSA) is 40.6 Å². The van der Waals surface area contributed by atoms with Gasteiger partial charge in [-0.1, -0.05) is 51.1 Å². The van der Waals surface area contributed by atoms with E-state index in [1.165, 1.54) is 10.4 Å². The summed E-state index contributed by atoms with van der Waals surface area (Å²) in [6, 6.07) is 12.6. The van der Waals surface area contributed by atoms with Crippen LogP contribution in [0.5, 0.6) is 0 Å². The summed E-state index contributed by atoms with van der Waals surface area (Å²) in [7, 11) is 0. The molecule has 0 bridgehead atoms. The highest BCUT2D eigenvalue weighted by molar-refractivity contribution is 7.10. The Labute approximate surface area is 171 Å². The number of carbonyl (C=O) groups is 2. The minimum Gasteiger partial charge on any atom is -0.330 e. The molecule has 28 heavy (non-hydrogen) atoms. The molecule has 4 rings (SSSR count). The van der Waals surface area contributed by atoms with Gasteiger partial charge >= 0.3 is 0 Å². The SMILES string of the molecule is CC(C)(C)C(=O)N(CC(=O)N1CCc2sccc2C1c1ccccc1)C1CC1. The van der Waals surface area contributed by atoms with Gasteiger partial charge in [-0.3, -0.25) is 9.59 Å². The second kappa shape index (κ2) is 7.36. The number of hydrogen-bond acceptors (Lipinski definition) is 3. The maximum Gasteiger partial charge on any atom is 0.243 e. The molecular weight excluding hydrogens is 368 g/mol. The van der Waals surface area contributed by atoms with Gasteiger partial charge in [-0.05, 0) is 41.8 Å². The van der Waals surface area contributed by atoms with E-state index in [0.29, 0.717) is 6.54 Å². The molecule has 2 aliphatic rings. The first-order valence-corrected chi connectivity index (χ1v) is 11.0. The van der Waals surface area contributed by atoms with Gasteiger partial charge in [-0.15, -0.1) is 11.3 Å². The van der Waals surface area contributed by atoms with Crippen molar-refractivity contribution in [2.45, 2.75) is 52.1 Å². The van der Waals surface area contributed by atoms with Crippen LogP contribution in [0.25, 0.3) is 0 Å². The molecule has 0 saturated heterocycles. The Morgan fingerprint density at radius 2 is 1.86 bits per heavy atom. The lowest BCUT2D eigenvalue weighted by Crippen LogP contribution is -2.49. The van der Waals surface area contributed by atoms with Gasteiger partial charge in [0, 0.05) is 22.9 Å². The Morgan fingerprint density at radius 3 is 2.50 bits per heavy atom. The van der Waals surface area contributed by atoms with Crippen molar-refractivity contribution in [2.24, 2.45) is 5.41 Å². The van der Waals surface area contributed by atoms with Crippen molar-refractivity contribution in [3.8, 4) is 0 Å². The zero-order valence-corrected chi connectivity index (χ0v) is 17.7. The molecule has 1 atom stereocenters. The van der Waals surface area contributed by atoms with Crippen LogP contribution in [0.4, 0.5) is 0 Å². The van der Waals surface area contributed by atoms with E-state index in [9.17, 15) is 9.59 Å². The molecule has 1 aliphatic carbocycles. The average molecular weight is 397 g/mol. The van der Waals surface area contributed by atoms with Gasteiger partial charge in [0.05, 0.1) is 6.04 Å². The number of benzene rings is 1. The summed E-state index contributed by atoms with van der Waals surface area (Å²) in [4.78, 5) is 31.5. The standard InChI is InChI=1S/C23H28N2O2S/c1-23(2,3)22(27)25(17-9-10-17)15-20(26)24-13-11-19-18(12-14-28-19)21(24)16-7-5-4-6-8-16/h4-8,12,14,17,21H,9-11,13,15H2,1-3H3. The van der Waals surface area contributed by atoms with E-state index in [1.807, 2.05) is 48.8 Å². The highest BCUT2D eigenvalue weighted by Gasteiger charge is 2.40. The fourth-order valence-corrected chi connectivity index (χ4v) is 4.90. The first kappa shape index (κ1) is 19.2. The third-order valence-corrected chi connectivity index (χ3v) is 6.59. The Hall–Kier alpha value is -2.14. The number of rotatable bonds is 4. The van der Waals surface area contributed by atoms with Crippen molar-refractivity contribution in [3.05, 3.63) is 57.8 Å². The molecule has 1 aromatic heterocycles. The molecule has 0 N–H and O–H groups in total. The number of fused-ring (bicyclic) bond motifs is 1. The molecule has 2 heterocycles. The van der Waals surface area contributed by atoms with Crippen LogP contribution in [0.3, 0.4) is 0 Å². The minimum atomic E-state index is -0.468. The maximum absolute atomic E-state index is 13.4. The maximum atomic E-state index is 13.4. The number of thiophene rings is 1. The summed E-state index contributed by atoms with van der Waals surface area (Å²) in [6.45, 7) is 6.68. The molecule has 2 amide bonds. The van der Waals surface area contributed by atoms with E-state index in [1.54, 1.807) is 11.3 Å². The van der Waals surface area contributed by atoms with Crippen molar-refractivity contribution >= 4 is 23.2 Å². The van der Waals surface area contributed by atoms with E-state index >= 15 is 0 Å². The quantitative estimate of drug-likeness (QED) is 0.775. The van der Waals surface area contributed by atoms with Gasteiger partial charge in [0.25, 0.3) is 0 Å². The summed E-state index contributed by atoms with van der Waals surface area (Å²) >= 11 is 1.77. The van der Waals surface area contributed by atoms with E-state index in [0.717, 1.165) is 24.8 Å². The Bertz CT molecular complexity index is 864. The molecule has 4 nitrogen and oxygen atoms in total. The highest BCUT2D eigenvalue weighted by atomic mass is 32.1. The zero-order chi connectivity index (χ0) is 19.9. The van der Waals surface area contributed by atoms with Gasteiger partial charge in [-0.25, -0.2) is 0 Å². The van der Waals surface area contributed by atoms with Crippen LogP contribution in [0.1, 0.15) is 55.7 Å². The van der Waals surface area contributed by atoms with Crippen molar-refractivity contribution in [1.29, 1.82) is 0 Å². The van der Waals surface area contributed by atoms with Crippen molar-refractivity contribution in [3.63, 3.8) is 0 Å². The summed E-state index contributed by atoms with van der Waals surface area (Å²) in [6.07, 6.45) is 2.90. The van der Waals surface area contributed by atoms with Crippen LogP contribution in [0.2, 0.25) is 0 Å². The van der Waals surface area contributed by atoms with Crippen molar-refractivity contribution < 1.29 is 9.59 Å². The van der Waals surface area contributed by atoms with Crippen LogP contribution in [0, 0.1) is 5.41 Å². The summed E-state index contributed by atoms with van der Waals surface area (Å²) in [5.41, 5.74) is 1.90. The lowest BCUT2D eigenvalue weighted by atomic mass is 9.92. The first-order chi connectivity index (χ1) is 13.4. The molecule has 1 aromatic carbocycles. The molecule has 148 valence electrons.